The van der Waals surface area contributed by atoms with E-state index in [1.165, 1.54) is 0 Å². The smallest absolute Gasteiger partial charge is 0.342 e. The molecule has 6 nitrogen and oxygen atoms in total. The predicted molar refractivity (Wildman–Crippen MR) is 75.1 cm³/mol. The van der Waals surface area contributed by atoms with Gasteiger partial charge in [0.25, 0.3) is 5.91 Å². The standard InChI is InChI=1S/C15H21NO5/c1-9-5-13(12(4)21-9)15(18)19-8-14(17)16-6-10(2)20-11(3)7-16/h5,10-11H,6-8H2,1-4H3/t10-,11-/m0/s1. The van der Waals surface area contributed by atoms with Crippen LogP contribution >= 0.6 is 0 Å². The van der Waals surface area contributed by atoms with E-state index >= 15 is 0 Å². The number of hydrogen-bond donors (Lipinski definition) is 0. The first-order chi connectivity index (χ1) is 9.86. The van der Waals surface area contributed by atoms with Gasteiger partial charge in [-0.2, -0.15) is 0 Å². The molecule has 1 amide bonds. The average molecular weight is 295 g/mol. The Labute approximate surface area is 124 Å². The summed E-state index contributed by atoms with van der Waals surface area (Å²) in [7, 11) is 0. The van der Waals surface area contributed by atoms with Crippen LogP contribution in [0.3, 0.4) is 0 Å². The first kappa shape index (κ1) is 15.6. The SMILES string of the molecule is Cc1cc(C(=O)OCC(=O)N2C[C@H](C)O[C@@H](C)C2)c(C)o1. The Morgan fingerprint density at radius 1 is 1.29 bits per heavy atom. The quantitative estimate of drug-likeness (QED) is 0.794. The molecule has 0 spiro atoms. The van der Waals surface area contributed by atoms with Crippen molar-refractivity contribution in [1.82, 2.24) is 4.90 Å². The number of morpholine rings is 1. The van der Waals surface area contributed by atoms with Crippen molar-refractivity contribution in [3.05, 3.63) is 23.2 Å². The van der Waals surface area contributed by atoms with Crippen molar-refractivity contribution < 1.29 is 23.5 Å². The van der Waals surface area contributed by atoms with Crippen molar-refractivity contribution in [2.75, 3.05) is 19.7 Å². The van der Waals surface area contributed by atoms with Crippen LogP contribution in [0.25, 0.3) is 0 Å². The van der Waals surface area contributed by atoms with Crippen LogP contribution in [-0.2, 0) is 14.3 Å². The summed E-state index contributed by atoms with van der Waals surface area (Å²) in [4.78, 5) is 25.7. The molecule has 0 aliphatic carbocycles. The Bertz CT molecular complexity index is 526. The molecule has 0 aromatic carbocycles. The van der Waals surface area contributed by atoms with E-state index in [-0.39, 0.29) is 24.7 Å². The zero-order valence-electron chi connectivity index (χ0n) is 12.8. The van der Waals surface area contributed by atoms with Crippen LogP contribution in [0, 0.1) is 13.8 Å². The molecule has 21 heavy (non-hydrogen) atoms. The van der Waals surface area contributed by atoms with E-state index in [0.29, 0.717) is 30.2 Å². The number of carbonyl (C=O) groups is 2. The number of carbonyl (C=O) groups excluding carboxylic acids is 2. The summed E-state index contributed by atoms with van der Waals surface area (Å²) in [6.07, 6.45) is -0.0145. The third-order valence-electron chi connectivity index (χ3n) is 3.36. The first-order valence-corrected chi connectivity index (χ1v) is 7.04. The largest absolute Gasteiger partial charge is 0.466 e. The minimum absolute atomic E-state index is 0.00725. The molecule has 0 bridgehead atoms. The van der Waals surface area contributed by atoms with Crippen molar-refractivity contribution in [2.45, 2.75) is 39.9 Å². The lowest BCUT2D eigenvalue weighted by atomic mass is 10.2. The molecule has 0 radical (unpaired) electrons. The summed E-state index contributed by atoms with van der Waals surface area (Å²) in [5.41, 5.74) is 0.365. The lowest BCUT2D eigenvalue weighted by molar-refractivity contribution is -0.146. The Hall–Kier alpha value is -1.82. The highest BCUT2D eigenvalue weighted by atomic mass is 16.5. The molecular weight excluding hydrogens is 274 g/mol. The van der Waals surface area contributed by atoms with Crippen molar-refractivity contribution in [2.24, 2.45) is 0 Å². The van der Waals surface area contributed by atoms with Gasteiger partial charge in [0.2, 0.25) is 0 Å². The number of hydrogen-bond acceptors (Lipinski definition) is 5. The van der Waals surface area contributed by atoms with Crippen molar-refractivity contribution in [3.63, 3.8) is 0 Å². The zero-order valence-corrected chi connectivity index (χ0v) is 12.8. The van der Waals surface area contributed by atoms with E-state index in [9.17, 15) is 9.59 Å². The number of ether oxygens (including phenoxy) is 2. The van der Waals surface area contributed by atoms with Gasteiger partial charge in [-0.1, -0.05) is 0 Å². The van der Waals surface area contributed by atoms with Crippen LogP contribution in [-0.4, -0.2) is 48.7 Å². The number of aryl methyl sites for hydroxylation is 2. The summed E-state index contributed by atoms with van der Waals surface area (Å²) < 4.78 is 15.9. The molecule has 1 fully saturated rings. The molecule has 116 valence electrons. The summed E-state index contributed by atoms with van der Waals surface area (Å²) in [6, 6.07) is 1.61. The van der Waals surface area contributed by atoms with Gasteiger partial charge in [0.1, 0.15) is 17.1 Å². The van der Waals surface area contributed by atoms with E-state index in [0.717, 1.165) is 0 Å². The molecule has 0 N–H and O–H groups in total. The average Bonchev–Trinajstić information content (AvgIpc) is 2.73. The van der Waals surface area contributed by atoms with Crippen LogP contribution in [0.2, 0.25) is 0 Å². The van der Waals surface area contributed by atoms with Crippen LogP contribution in [0.5, 0.6) is 0 Å². The van der Waals surface area contributed by atoms with Gasteiger partial charge in [0, 0.05) is 13.1 Å². The summed E-state index contributed by atoms with van der Waals surface area (Å²) in [6.45, 7) is 8.05. The van der Waals surface area contributed by atoms with E-state index in [4.69, 9.17) is 13.9 Å². The molecule has 6 heteroatoms. The summed E-state index contributed by atoms with van der Waals surface area (Å²) in [5.74, 6) is 0.399. The highest BCUT2D eigenvalue weighted by Crippen LogP contribution is 2.15. The van der Waals surface area contributed by atoms with Crippen LogP contribution in [0.15, 0.2) is 10.5 Å². The maximum absolute atomic E-state index is 12.1. The van der Waals surface area contributed by atoms with Gasteiger partial charge < -0.3 is 18.8 Å². The highest BCUT2D eigenvalue weighted by Gasteiger charge is 2.26. The van der Waals surface area contributed by atoms with E-state index in [2.05, 4.69) is 0 Å². The van der Waals surface area contributed by atoms with E-state index < -0.39 is 5.97 Å². The maximum Gasteiger partial charge on any atom is 0.342 e. The molecule has 1 aromatic heterocycles. The van der Waals surface area contributed by atoms with Gasteiger partial charge >= 0.3 is 5.97 Å². The molecule has 0 saturated carbocycles. The van der Waals surface area contributed by atoms with Crippen molar-refractivity contribution >= 4 is 11.9 Å². The topological polar surface area (TPSA) is 69.0 Å². The Kier molecular flexibility index (Phi) is 4.67. The van der Waals surface area contributed by atoms with Gasteiger partial charge in [0.15, 0.2) is 6.61 Å². The fraction of sp³-hybridized carbons (Fsp3) is 0.600. The minimum atomic E-state index is -0.535. The number of nitrogens with zero attached hydrogens (tertiary/aromatic N) is 1. The van der Waals surface area contributed by atoms with Crippen LogP contribution in [0.4, 0.5) is 0 Å². The zero-order chi connectivity index (χ0) is 15.6. The van der Waals surface area contributed by atoms with Gasteiger partial charge in [-0.05, 0) is 33.8 Å². The van der Waals surface area contributed by atoms with Crippen LogP contribution in [0.1, 0.15) is 35.7 Å². The first-order valence-electron chi connectivity index (χ1n) is 7.04. The third kappa shape index (κ3) is 3.85. The molecule has 1 saturated heterocycles. The fourth-order valence-electron chi connectivity index (χ4n) is 2.51. The third-order valence-corrected chi connectivity index (χ3v) is 3.36. The Morgan fingerprint density at radius 3 is 2.43 bits per heavy atom. The predicted octanol–water partition coefficient (Wildman–Crippen LogP) is 1.69. The van der Waals surface area contributed by atoms with E-state index in [1.807, 2.05) is 13.8 Å². The molecule has 1 aliphatic rings. The van der Waals surface area contributed by atoms with Gasteiger partial charge in [-0.15, -0.1) is 0 Å². The van der Waals surface area contributed by atoms with Gasteiger partial charge in [-0.25, -0.2) is 4.79 Å². The highest BCUT2D eigenvalue weighted by molar-refractivity contribution is 5.92. The molecular formula is C15H21NO5. The molecule has 0 unspecified atom stereocenters. The summed E-state index contributed by atoms with van der Waals surface area (Å²) in [5, 5.41) is 0. The molecule has 2 heterocycles. The molecule has 1 aromatic rings. The maximum atomic E-state index is 12.1. The second-order valence-electron chi connectivity index (χ2n) is 5.46. The molecule has 2 rings (SSSR count). The lowest BCUT2D eigenvalue weighted by Gasteiger charge is -2.35. The van der Waals surface area contributed by atoms with Gasteiger partial charge in [-0.3, -0.25) is 4.79 Å². The monoisotopic (exact) mass is 295 g/mol. The number of rotatable bonds is 3. The second kappa shape index (κ2) is 6.30. The molecule has 1 aliphatic heterocycles. The normalized spacial score (nSPS) is 22.2. The molecule has 2 atom stereocenters. The van der Waals surface area contributed by atoms with Crippen molar-refractivity contribution in [1.29, 1.82) is 0 Å². The van der Waals surface area contributed by atoms with Gasteiger partial charge in [0.05, 0.1) is 12.2 Å². The Balaban J connectivity index is 1.89. The van der Waals surface area contributed by atoms with Crippen LogP contribution < -0.4 is 0 Å². The number of esters is 1. The lowest BCUT2D eigenvalue weighted by Crippen LogP contribution is -2.49. The number of amides is 1. The minimum Gasteiger partial charge on any atom is -0.466 e. The number of furan rings is 1. The fourth-order valence-corrected chi connectivity index (χ4v) is 2.51. The van der Waals surface area contributed by atoms with Crippen molar-refractivity contribution in [3.8, 4) is 0 Å². The van der Waals surface area contributed by atoms with E-state index in [1.54, 1.807) is 24.8 Å². The Morgan fingerprint density at radius 2 is 1.90 bits per heavy atom. The summed E-state index contributed by atoms with van der Waals surface area (Å²) >= 11 is 0. The second-order valence-corrected chi connectivity index (χ2v) is 5.46.